The van der Waals surface area contributed by atoms with E-state index in [1.54, 1.807) is 0 Å². The van der Waals surface area contributed by atoms with Crippen molar-refractivity contribution in [3.8, 4) is 0 Å². The molecule has 1 aliphatic rings. The summed E-state index contributed by atoms with van der Waals surface area (Å²) in [6, 6.07) is 0. The first-order chi connectivity index (χ1) is 7.59. The van der Waals surface area contributed by atoms with E-state index in [2.05, 4.69) is 5.32 Å². The molecule has 0 radical (unpaired) electrons. The number of hydrogen-bond acceptors (Lipinski definition) is 3. The van der Waals surface area contributed by atoms with E-state index in [0.29, 0.717) is 25.8 Å². The van der Waals surface area contributed by atoms with Crippen LogP contribution in [0.4, 0.5) is 0 Å². The summed E-state index contributed by atoms with van der Waals surface area (Å²) in [5.74, 6) is -0.0211. The maximum Gasteiger partial charge on any atom is 0.222 e. The quantitative estimate of drug-likeness (QED) is 0.720. The number of nitrogens with one attached hydrogen (secondary N) is 1. The molecule has 0 aromatic rings. The summed E-state index contributed by atoms with van der Waals surface area (Å²) in [6.45, 7) is 4.96. The Labute approximate surface area is 97.4 Å². The van der Waals surface area contributed by atoms with Crippen LogP contribution < -0.4 is 5.32 Å². The summed E-state index contributed by atoms with van der Waals surface area (Å²) in [4.78, 5) is 11.6. The molecule has 1 fully saturated rings. The van der Waals surface area contributed by atoms with Crippen molar-refractivity contribution in [1.82, 2.24) is 5.32 Å². The molecule has 0 spiro atoms. The van der Waals surface area contributed by atoms with Gasteiger partial charge < -0.3 is 15.2 Å². The van der Waals surface area contributed by atoms with Crippen LogP contribution in [0.5, 0.6) is 0 Å². The van der Waals surface area contributed by atoms with Crippen molar-refractivity contribution in [3.05, 3.63) is 0 Å². The van der Waals surface area contributed by atoms with E-state index < -0.39 is 5.60 Å². The third-order valence-corrected chi connectivity index (χ3v) is 3.37. The maximum absolute atomic E-state index is 11.6. The fourth-order valence-electron chi connectivity index (χ4n) is 1.85. The number of ether oxygens (including phenoxy) is 1. The second-order valence-electron chi connectivity index (χ2n) is 4.55. The van der Waals surface area contributed by atoms with Crippen LogP contribution in [0.3, 0.4) is 0 Å². The van der Waals surface area contributed by atoms with Crippen LogP contribution in [-0.4, -0.2) is 35.9 Å². The number of aliphatic hydroxyl groups is 1. The minimum atomic E-state index is -0.758. The van der Waals surface area contributed by atoms with E-state index in [0.717, 1.165) is 19.4 Å². The summed E-state index contributed by atoms with van der Waals surface area (Å²) >= 11 is 0. The highest BCUT2D eigenvalue weighted by atomic mass is 16.5. The topological polar surface area (TPSA) is 58.6 Å². The first-order valence-electron chi connectivity index (χ1n) is 6.20. The zero-order valence-corrected chi connectivity index (χ0v) is 10.3. The summed E-state index contributed by atoms with van der Waals surface area (Å²) in [5, 5.41) is 12.8. The predicted molar refractivity (Wildman–Crippen MR) is 62.1 cm³/mol. The minimum absolute atomic E-state index is 0.0211. The molecule has 1 aliphatic heterocycles. The maximum atomic E-state index is 11.6. The smallest absolute Gasteiger partial charge is 0.222 e. The molecule has 1 unspecified atom stereocenters. The standard InChI is InChI=1S/C12H23NO3/c1-3-12(15,4-2)9-13-11(14)8-10-6-5-7-16-10/h10,15H,3-9H2,1-2H3,(H,13,14). The normalized spacial score (nSPS) is 21.1. The number of amides is 1. The third kappa shape index (κ3) is 4.10. The van der Waals surface area contributed by atoms with Crippen molar-refractivity contribution >= 4 is 5.91 Å². The molecule has 0 saturated carbocycles. The molecule has 1 atom stereocenters. The van der Waals surface area contributed by atoms with Crippen LogP contribution in [0.25, 0.3) is 0 Å². The molecule has 0 aliphatic carbocycles. The molecule has 1 rings (SSSR count). The van der Waals surface area contributed by atoms with E-state index in [-0.39, 0.29) is 12.0 Å². The molecule has 0 aromatic heterocycles. The Balaban J connectivity index is 2.23. The summed E-state index contributed by atoms with van der Waals surface area (Å²) in [6.07, 6.45) is 3.83. The van der Waals surface area contributed by atoms with Crippen molar-refractivity contribution in [1.29, 1.82) is 0 Å². The zero-order chi connectivity index (χ0) is 12.0. The van der Waals surface area contributed by atoms with Crippen molar-refractivity contribution < 1.29 is 14.6 Å². The van der Waals surface area contributed by atoms with E-state index in [9.17, 15) is 9.90 Å². The van der Waals surface area contributed by atoms with Gasteiger partial charge in [0.2, 0.25) is 5.91 Å². The molecular formula is C12H23NO3. The second kappa shape index (κ2) is 6.21. The Morgan fingerprint density at radius 2 is 2.19 bits per heavy atom. The van der Waals surface area contributed by atoms with Crippen LogP contribution in [0.2, 0.25) is 0 Å². The van der Waals surface area contributed by atoms with Crippen LogP contribution in [0.15, 0.2) is 0 Å². The van der Waals surface area contributed by atoms with Gasteiger partial charge in [-0.3, -0.25) is 4.79 Å². The molecule has 1 heterocycles. The minimum Gasteiger partial charge on any atom is -0.388 e. The van der Waals surface area contributed by atoms with Gasteiger partial charge in [-0.15, -0.1) is 0 Å². The van der Waals surface area contributed by atoms with Crippen LogP contribution in [0.1, 0.15) is 46.0 Å². The second-order valence-corrected chi connectivity index (χ2v) is 4.55. The summed E-state index contributed by atoms with van der Waals surface area (Å²) in [5.41, 5.74) is -0.758. The third-order valence-electron chi connectivity index (χ3n) is 3.37. The van der Waals surface area contributed by atoms with E-state index in [1.165, 1.54) is 0 Å². The summed E-state index contributed by atoms with van der Waals surface area (Å²) < 4.78 is 5.38. The number of rotatable bonds is 6. The van der Waals surface area contributed by atoms with Gasteiger partial charge in [0.15, 0.2) is 0 Å². The van der Waals surface area contributed by atoms with Crippen LogP contribution in [-0.2, 0) is 9.53 Å². The highest BCUT2D eigenvalue weighted by molar-refractivity contribution is 5.76. The van der Waals surface area contributed by atoms with Gasteiger partial charge in [0, 0.05) is 13.2 Å². The fraction of sp³-hybridized carbons (Fsp3) is 0.917. The van der Waals surface area contributed by atoms with Gasteiger partial charge in [-0.05, 0) is 25.7 Å². The van der Waals surface area contributed by atoms with Gasteiger partial charge in [0.05, 0.1) is 18.1 Å². The molecule has 4 heteroatoms. The van der Waals surface area contributed by atoms with Crippen molar-refractivity contribution in [3.63, 3.8) is 0 Å². The molecule has 94 valence electrons. The molecule has 1 saturated heterocycles. The lowest BCUT2D eigenvalue weighted by Gasteiger charge is -2.25. The van der Waals surface area contributed by atoms with Crippen LogP contribution >= 0.6 is 0 Å². The average molecular weight is 229 g/mol. The molecule has 4 nitrogen and oxygen atoms in total. The Morgan fingerprint density at radius 1 is 1.50 bits per heavy atom. The Hall–Kier alpha value is -0.610. The highest BCUT2D eigenvalue weighted by Crippen LogP contribution is 2.16. The van der Waals surface area contributed by atoms with Gasteiger partial charge in [-0.1, -0.05) is 13.8 Å². The van der Waals surface area contributed by atoms with Crippen molar-refractivity contribution in [2.45, 2.75) is 57.7 Å². The predicted octanol–water partition coefficient (Wildman–Crippen LogP) is 1.22. The van der Waals surface area contributed by atoms with Crippen molar-refractivity contribution in [2.75, 3.05) is 13.2 Å². The average Bonchev–Trinajstić information content (AvgIpc) is 2.79. The summed E-state index contributed by atoms with van der Waals surface area (Å²) in [7, 11) is 0. The Bertz CT molecular complexity index is 220. The lowest BCUT2D eigenvalue weighted by atomic mass is 9.97. The van der Waals surface area contributed by atoms with Gasteiger partial charge in [0.1, 0.15) is 0 Å². The largest absolute Gasteiger partial charge is 0.388 e. The molecule has 16 heavy (non-hydrogen) atoms. The SMILES string of the molecule is CCC(O)(CC)CNC(=O)CC1CCCO1. The van der Waals surface area contributed by atoms with E-state index in [4.69, 9.17) is 4.74 Å². The Kier molecular flexibility index (Phi) is 5.22. The Morgan fingerprint density at radius 3 is 2.69 bits per heavy atom. The van der Waals surface area contributed by atoms with E-state index in [1.807, 2.05) is 13.8 Å². The van der Waals surface area contributed by atoms with Gasteiger partial charge in [-0.2, -0.15) is 0 Å². The first-order valence-corrected chi connectivity index (χ1v) is 6.20. The molecule has 1 amide bonds. The fourth-order valence-corrected chi connectivity index (χ4v) is 1.85. The molecule has 2 N–H and O–H groups in total. The number of hydrogen-bond donors (Lipinski definition) is 2. The van der Waals surface area contributed by atoms with Gasteiger partial charge >= 0.3 is 0 Å². The lowest BCUT2D eigenvalue weighted by molar-refractivity contribution is -0.124. The number of carbonyl (C=O) groups is 1. The highest BCUT2D eigenvalue weighted by Gasteiger charge is 2.24. The zero-order valence-electron chi connectivity index (χ0n) is 10.3. The monoisotopic (exact) mass is 229 g/mol. The van der Waals surface area contributed by atoms with Gasteiger partial charge in [0.25, 0.3) is 0 Å². The van der Waals surface area contributed by atoms with Gasteiger partial charge in [-0.25, -0.2) is 0 Å². The lowest BCUT2D eigenvalue weighted by Crippen LogP contribution is -2.42. The molecule has 0 aromatic carbocycles. The van der Waals surface area contributed by atoms with Crippen molar-refractivity contribution in [2.24, 2.45) is 0 Å². The first kappa shape index (κ1) is 13.5. The van der Waals surface area contributed by atoms with Crippen LogP contribution in [0, 0.1) is 0 Å². The molecular weight excluding hydrogens is 206 g/mol. The number of carbonyl (C=O) groups excluding carboxylic acids is 1. The molecule has 0 bridgehead atoms. The van der Waals surface area contributed by atoms with E-state index >= 15 is 0 Å².